The van der Waals surface area contributed by atoms with Crippen LogP contribution >= 0.6 is 0 Å². The van der Waals surface area contributed by atoms with E-state index in [0.29, 0.717) is 19.4 Å². The number of hydrogen-bond acceptors (Lipinski definition) is 4. The van der Waals surface area contributed by atoms with Gasteiger partial charge < -0.3 is 16.4 Å². The van der Waals surface area contributed by atoms with Crippen molar-refractivity contribution in [1.82, 2.24) is 15.6 Å². The number of amides is 2. The second kappa shape index (κ2) is 11.9. The topological polar surface area (TPSA) is 97.1 Å². The number of carbonyl (C=O) groups is 2. The van der Waals surface area contributed by atoms with Gasteiger partial charge in [-0.3, -0.25) is 14.6 Å². The van der Waals surface area contributed by atoms with Crippen molar-refractivity contribution < 1.29 is 9.59 Å². The van der Waals surface area contributed by atoms with Gasteiger partial charge in [0.05, 0.1) is 12.1 Å². The third-order valence-electron chi connectivity index (χ3n) is 6.78. The van der Waals surface area contributed by atoms with Gasteiger partial charge in [0.25, 0.3) is 0 Å². The van der Waals surface area contributed by atoms with Crippen molar-refractivity contribution in [3.63, 3.8) is 0 Å². The lowest BCUT2D eigenvalue weighted by molar-refractivity contribution is -0.127. The van der Waals surface area contributed by atoms with E-state index in [1.54, 1.807) is 6.20 Å². The summed E-state index contributed by atoms with van der Waals surface area (Å²) in [6.45, 7) is 4.38. The number of pyridine rings is 1. The summed E-state index contributed by atoms with van der Waals surface area (Å²) in [6, 6.07) is 15.2. The smallest absolute Gasteiger partial charge is 0.237 e. The summed E-state index contributed by atoms with van der Waals surface area (Å²) >= 11 is 0. The number of nitrogens with one attached hydrogen (secondary N) is 2. The van der Waals surface area contributed by atoms with Gasteiger partial charge in [-0.25, -0.2) is 0 Å². The van der Waals surface area contributed by atoms with Crippen molar-refractivity contribution in [2.45, 2.75) is 70.9 Å². The van der Waals surface area contributed by atoms with E-state index in [-0.39, 0.29) is 29.2 Å². The molecule has 4 N–H and O–H groups in total. The molecule has 6 nitrogen and oxygen atoms in total. The van der Waals surface area contributed by atoms with E-state index >= 15 is 0 Å². The number of benzene rings is 1. The molecule has 178 valence electrons. The zero-order valence-electron chi connectivity index (χ0n) is 19.9. The van der Waals surface area contributed by atoms with Gasteiger partial charge in [-0.1, -0.05) is 69.5 Å². The molecule has 1 heterocycles. The Balaban J connectivity index is 1.69. The van der Waals surface area contributed by atoms with Crippen LogP contribution in [0.5, 0.6) is 0 Å². The zero-order chi connectivity index (χ0) is 23.7. The molecule has 2 atom stereocenters. The Hall–Kier alpha value is -2.73. The van der Waals surface area contributed by atoms with E-state index in [1.807, 2.05) is 62.4 Å². The Labute approximate surface area is 197 Å². The van der Waals surface area contributed by atoms with Crippen molar-refractivity contribution in [2.75, 3.05) is 6.54 Å². The van der Waals surface area contributed by atoms with Crippen molar-refractivity contribution in [3.8, 4) is 0 Å². The Morgan fingerprint density at radius 1 is 1.03 bits per heavy atom. The normalized spacial score (nSPS) is 17.2. The van der Waals surface area contributed by atoms with Gasteiger partial charge in [0.1, 0.15) is 0 Å². The molecule has 2 aromatic rings. The maximum atomic E-state index is 13.3. The predicted molar refractivity (Wildman–Crippen MR) is 131 cm³/mol. The fourth-order valence-electron chi connectivity index (χ4n) is 4.66. The Kier molecular flexibility index (Phi) is 9.01. The highest BCUT2D eigenvalue weighted by atomic mass is 16.2. The summed E-state index contributed by atoms with van der Waals surface area (Å²) in [5.74, 6) is -0.0365. The van der Waals surface area contributed by atoms with Crippen LogP contribution in [-0.2, 0) is 16.0 Å². The minimum atomic E-state index is -0.527. The van der Waals surface area contributed by atoms with E-state index in [9.17, 15) is 9.59 Å². The summed E-state index contributed by atoms with van der Waals surface area (Å²) in [5.41, 5.74) is 7.80. The van der Waals surface area contributed by atoms with E-state index in [2.05, 4.69) is 15.6 Å². The second-order valence-electron chi connectivity index (χ2n) is 9.78. The number of nitrogens with zero attached hydrogens (tertiary/aromatic N) is 1. The van der Waals surface area contributed by atoms with E-state index in [0.717, 1.165) is 36.9 Å². The molecule has 0 saturated heterocycles. The van der Waals surface area contributed by atoms with Crippen molar-refractivity contribution in [3.05, 3.63) is 66.0 Å². The van der Waals surface area contributed by atoms with Crippen LogP contribution in [0.25, 0.3) is 0 Å². The highest BCUT2D eigenvalue weighted by Gasteiger charge is 2.36. The fourth-order valence-corrected chi connectivity index (χ4v) is 4.66. The highest BCUT2D eigenvalue weighted by molar-refractivity contribution is 5.82. The molecule has 1 aliphatic carbocycles. The Morgan fingerprint density at radius 2 is 1.73 bits per heavy atom. The lowest BCUT2D eigenvalue weighted by Crippen LogP contribution is -2.49. The largest absolute Gasteiger partial charge is 0.354 e. The maximum Gasteiger partial charge on any atom is 0.237 e. The minimum absolute atomic E-state index is 0.0177. The van der Waals surface area contributed by atoms with Crippen LogP contribution < -0.4 is 16.4 Å². The van der Waals surface area contributed by atoms with E-state index in [1.165, 1.54) is 6.42 Å². The molecular weight excluding hydrogens is 412 g/mol. The molecule has 1 fully saturated rings. The van der Waals surface area contributed by atoms with Crippen LogP contribution in [-0.4, -0.2) is 29.4 Å². The maximum absolute atomic E-state index is 13.3. The molecule has 1 aromatic carbocycles. The van der Waals surface area contributed by atoms with Crippen LogP contribution in [0.4, 0.5) is 0 Å². The average molecular weight is 451 g/mol. The first-order chi connectivity index (χ1) is 15.9. The number of carbonyl (C=O) groups excluding carboxylic acids is 2. The summed E-state index contributed by atoms with van der Waals surface area (Å²) < 4.78 is 0. The number of nitrogens with two attached hydrogens (primary N) is 1. The standard InChI is InChI=1S/C27H38N4O2/c1-20(2)25(28)26(33)30-19-27(14-8-4-9-15-27)18-24(32)31-23(21-11-5-3-6-12-21)17-22-13-7-10-16-29-22/h3,5-7,10-13,16,20,23,25H,4,8-9,14-15,17-19,28H2,1-2H3,(H,30,33)(H,31,32)/t23?,25-/m1/s1. The van der Waals surface area contributed by atoms with E-state index < -0.39 is 6.04 Å². The monoisotopic (exact) mass is 450 g/mol. The molecule has 1 unspecified atom stereocenters. The van der Waals surface area contributed by atoms with Crippen LogP contribution in [0.2, 0.25) is 0 Å². The van der Waals surface area contributed by atoms with Crippen LogP contribution in [0, 0.1) is 11.3 Å². The summed E-state index contributed by atoms with van der Waals surface area (Å²) in [7, 11) is 0. The number of rotatable bonds is 10. The average Bonchev–Trinajstić information content (AvgIpc) is 2.83. The Bertz CT molecular complexity index is 880. The molecule has 1 saturated carbocycles. The van der Waals surface area contributed by atoms with Gasteiger partial charge in [-0.2, -0.15) is 0 Å². The third kappa shape index (κ3) is 7.39. The quantitative estimate of drug-likeness (QED) is 0.511. The molecule has 0 radical (unpaired) electrons. The van der Waals surface area contributed by atoms with Gasteiger partial charge in [0.2, 0.25) is 11.8 Å². The molecule has 1 aromatic heterocycles. The lowest BCUT2D eigenvalue weighted by atomic mass is 9.71. The summed E-state index contributed by atoms with van der Waals surface area (Å²) in [6.07, 6.45) is 8.02. The second-order valence-corrected chi connectivity index (χ2v) is 9.78. The zero-order valence-corrected chi connectivity index (χ0v) is 19.9. The third-order valence-corrected chi connectivity index (χ3v) is 6.78. The van der Waals surface area contributed by atoms with Gasteiger partial charge in [0, 0.05) is 31.3 Å². The molecule has 2 amide bonds. The molecule has 6 heteroatoms. The highest BCUT2D eigenvalue weighted by Crippen LogP contribution is 2.39. The van der Waals surface area contributed by atoms with Gasteiger partial charge in [-0.05, 0) is 41.9 Å². The number of hydrogen-bond donors (Lipinski definition) is 3. The van der Waals surface area contributed by atoms with Crippen molar-refractivity contribution in [1.29, 1.82) is 0 Å². The summed E-state index contributed by atoms with van der Waals surface area (Å²) in [4.78, 5) is 30.2. The van der Waals surface area contributed by atoms with Crippen LogP contribution in [0.1, 0.15) is 69.7 Å². The first kappa shape index (κ1) is 24.9. The minimum Gasteiger partial charge on any atom is -0.354 e. The predicted octanol–water partition coefficient (Wildman–Crippen LogP) is 3.92. The molecule has 3 rings (SSSR count). The first-order valence-corrected chi connectivity index (χ1v) is 12.2. The van der Waals surface area contributed by atoms with Crippen molar-refractivity contribution in [2.24, 2.45) is 17.1 Å². The van der Waals surface area contributed by atoms with Crippen LogP contribution in [0.3, 0.4) is 0 Å². The van der Waals surface area contributed by atoms with Gasteiger partial charge >= 0.3 is 0 Å². The van der Waals surface area contributed by atoms with Crippen molar-refractivity contribution >= 4 is 11.8 Å². The lowest BCUT2D eigenvalue weighted by Gasteiger charge is -2.37. The SMILES string of the molecule is CC(C)[C@@H](N)C(=O)NCC1(CC(=O)NC(Cc2ccccn2)c2ccccc2)CCCCC1. The van der Waals surface area contributed by atoms with Crippen LogP contribution in [0.15, 0.2) is 54.7 Å². The molecule has 0 aliphatic heterocycles. The van der Waals surface area contributed by atoms with Gasteiger partial charge in [0.15, 0.2) is 0 Å². The first-order valence-electron chi connectivity index (χ1n) is 12.2. The Morgan fingerprint density at radius 3 is 2.36 bits per heavy atom. The van der Waals surface area contributed by atoms with Gasteiger partial charge in [-0.15, -0.1) is 0 Å². The van der Waals surface area contributed by atoms with E-state index in [4.69, 9.17) is 5.73 Å². The number of aromatic nitrogens is 1. The molecule has 0 spiro atoms. The molecular formula is C27H38N4O2. The summed E-state index contributed by atoms with van der Waals surface area (Å²) in [5, 5.41) is 6.32. The molecule has 1 aliphatic rings. The molecule has 0 bridgehead atoms. The fraction of sp³-hybridized carbons (Fsp3) is 0.519. The molecule has 33 heavy (non-hydrogen) atoms.